The number of rotatable bonds is 4. The second-order valence-corrected chi connectivity index (χ2v) is 8.29. The maximum absolute atomic E-state index is 13.2. The monoisotopic (exact) mass is 456 g/mol. The number of para-hydroxylation sites is 1. The van der Waals surface area contributed by atoms with Gasteiger partial charge in [0.2, 0.25) is 11.9 Å². The number of nitrogens with one attached hydrogen (secondary N) is 1. The lowest BCUT2D eigenvalue weighted by Crippen LogP contribution is -2.54. The van der Waals surface area contributed by atoms with Gasteiger partial charge in [-0.05, 0) is 24.6 Å². The van der Waals surface area contributed by atoms with Crippen molar-refractivity contribution in [3.05, 3.63) is 69.1 Å². The van der Waals surface area contributed by atoms with Crippen LogP contribution in [0.15, 0.2) is 63.1 Å². The average Bonchev–Trinajstić information content (AvgIpc) is 2.71. The summed E-state index contributed by atoms with van der Waals surface area (Å²) >= 11 is 4.83. The van der Waals surface area contributed by atoms with E-state index in [0.29, 0.717) is 27.0 Å². The largest absolute Gasteiger partial charge is 0.298 e. The molecule has 0 bridgehead atoms. The molecule has 1 amide bonds. The number of fused-ring (bicyclic) bond motifs is 2. The van der Waals surface area contributed by atoms with Gasteiger partial charge in [-0.3, -0.25) is 14.9 Å². The maximum atomic E-state index is 13.2. The van der Waals surface area contributed by atoms with Gasteiger partial charge in [0.15, 0.2) is 5.17 Å². The Kier molecular flexibility index (Phi) is 5.32. The molecule has 1 atom stereocenters. The number of nitrogens with zero attached hydrogens (tertiary/aromatic N) is 3. The van der Waals surface area contributed by atoms with Crippen molar-refractivity contribution in [2.24, 2.45) is 10.1 Å². The number of ketones is 1. The van der Waals surface area contributed by atoms with E-state index in [1.54, 1.807) is 18.2 Å². The molecule has 0 aliphatic carbocycles. The summed E-state index contributed by atoms with van der Waals surface area (Å²) in [6.45, 7) is 2.06. The first-order valence-corrected chi connectivity index (χ1v) is 10.7. The van der Waals surface area contributed by atoms with E-state index in [1.165, 1.54) is 16.8 Å². The number of benzene rings is 2. The summed E-state index contributed by atoms with van der Waals surface area (Å²) in [5.74, 6) is 0.337. The van der Waals surface area contributed by atoms with Gasteiger partial charge >= 0.3 is 0 Å². The fourth-order valence-electron chi connectivity index (χ4n) is 3.03. The Bertz CT molecular complexity index is 1100. The van der Waals surface area contributed by atoms with Crippen LogP contribution in [0.2, 0.25) is 0 Å². The highest BCUT2D eigenvalue weighted by Gasteiger charge is 2.37. The average molecular weight is 457 g/mol. The number of Topliss-reactive ketones (excluding diaryl/α,β-unsaturated/α-hetero) is 1. The van der Waals surface area contributed by atoms with Gasteiger partial charge in [-0.15, -0.1) is 5.10 Å². The van der Waals surface area contributed by atoms with E-state index < -0.39 is 6.17 Å². The predicted octanol–water partition coefficient (Wildman–Crippen LogP) is 2.25. The molecule has 2 aliphatic rings. The van der Waals surface area contributed by atoms with Crippen LogP contribution in [0.4, 0.5) is 0 Å². The van der Waals surface area contributed by atoms with Gasteiger partial charge in [0.05, 0.1) is 5.36 Å². The summed E-state index contributed by atoms with van der Waals surface area (Å²) in [4.78, 5) is 30.7. The van der Waals surface area contributed by atoms with Crippen LogP contribution in [0.1, 0.15) is 23.7 Å². The first-order valence-electron chi connectivity index (χ1n) is 8.87. The number of hydrazone groups is 1. The summed E-state index contributed by atoms with van der Waals surface area (Å²) in [5, 5.41) is 10.6. The summed E-state index contributed by atoms with van der Waals surface area (Å²) in [5.41, 5.74) is 0.863. The zero-order chi connectivity index (χ0) is 19.7. The number of halogens is 1. The Balaban J connectivity index is 1.84. The normalized spacial score (nSPS) is 17.9. The van der Waals surface area contributed by atoms with Crippen LogP contribution in [0.3, 0.4) is 0 Å². The smallest absolute Gasteiger partial charge is 0.276 e. The Hall–Kier alpha value is -2.45. The van der Waals surface area contributed by atoms with Crippen LogP contribution < -0.4 is 15.9 Å². The third-order valence-electron chi connectivity index (χ3n) is 4.32. The lowest BCUT2D eigenvalue weighted by molar-refractivity contribution is -0.115. The minimum atomic E-state index is -0.922. The van der Waals surface area contributed by atoms with Gasteiger partial charge in [-0.2, -0.15) is 0 Å². The number of carbonyl (C=O) groups excluding carboxylic acids is 2. The molecule has 1 N–H and O–H groups in total. The molecule has 0 aromatic heterocycles. The molecule has 0 saturated heterocycles. The van der Waals surface area contributed by atoms with Gasteiger partial charge in [0.25, 0.3) is 5.91 Å². The van der Waals surface area contributed by atoms with Crippen molar-refractivity contribution in [1.29, 1.82) is 0 Å². The third-order valence-corrected chi connectivity index (χ3v) is 5.92. The molecule has 0 unspecified atom stereocenters. The van der Waals surface area contributed by atoms with Crippen LogP contribution in [0.25, 0.3) is 5.70 Å². The van der Waals surface area contributed by atoms with E-state index in [9.17, 15) is 9.59 Å². The molecule has 142 valence electrons. The Morgan fingerprint density at radius 1 is 1.21 bits per heavy atom. The molecule has 4 rings (SSSR count). The molecular formula is C20H17BrN4O2S. The standard InChI is InChI=1S/C20H17BrN4O2S/c1-2-11-28-20-23-19(27)16-14-5-3-4-6-15(14)22-18(25(16)24-20)17(26)12-7-9-13(21)10-8-12/h3-10,18H,2,11H2,1H3,(H,23,24,27)/t18-/m1/s1. The van der Waals surface area contributed by atoms with Crippen LogP contribution >= 0.6 is 27.7 Å². The SMILES string of the molecule is CCCSC1=NN2C(=c3ccccc3=N[C@H]2C(=O)c2ccc(Br)cc2)C(=O)N1. The van der Waals surface area contributed by atoms with Gasteiger partial charge in [0.1, 0.15) is 5.70 Å². The molecule has 6 nitrogen and oxygen atoms in total. The van der Waals surface area contributed by atoms with Gasteiger partial charge < -0.3 is 0 Å². The van der Waals surface area contributed by atoms with Gasteiger partial charge in [-0.25, -0.2) is 10.0 Å². The summed E-state index contributed by atoms with van der Waals surface area (Å²) < 4.78 is 0.885. The first-order chi connectivity index (χ1) is 13.6. The van der Waals surface area contributed by atoms with E-state index in [-0.39, 0.29) is 11.7 Å². The first kappa shape index (κ1) is 18.9. The quantitative estimate of drug-likeness (QED) is 0.715. The molecular weight excluding hydrogens is 440 g/mol. The van der Waals surface area contributed by atoms with E-state index in [1.807, 2.05) is 30.3 Å². The van der Waals surface area contributed by atoms with Crippen molar-refractivity contribution in [3.63, 3.8) is 0 Å². The van der Waals surface area contributed by atoms with Crippen LogP contribution in [0, 0.1) is 0 Å². The van der Waals surface area contributed by atoms with E-state index >= 15 is 0 Å². The Morgan fingerprint density at radius 3 is 2.71 bits per heavy atom. The Labute approximate surface area is 174 Å². The van der Waals surface area contributed by atoms with E-state index in [2.05, 4.69) is 38.3 Å². The van der Waals surface area contributed by atoms with Crippen molar-refractivity contribution in [1.82, 2.24) is 10.3 Å². The molecule has 0 fully saturated rings. The lowest BCUT2D eigenvalue weighted by atomic mass is 10.1. The number of hydrogen-bond donors (Lipinski definition) is 1. The second-order valence-electron chi connectivity index (χ2n) is 6.29. The fourth-order valence-corrected chi connectivity index (χ4v) is 4.00. The van der Waals surface area contributed by atoms with Crippen molar-refractivity contribution in [2.75, 3.05) is 5.75 Å². The number of hydrogen-bond acceptors (Lipinski definition) is 6. The molecule has 0 saturated carbocycles. The molecule has 2 heterocycles. The molecule has 0 radical (unpaired) electrons. The van der Waals surface area contributed by atoms with E-state index in [4.69, 9.17) is 0 Å². The molecule has 0 spiro atoms. The summed E-state index contributed by atoms with van der Waals surface area (Å²) in [7, 11) is 0. The van der Waals surface area contributed by atoms with Crippen molar-refractivity contribution >= 4 is 50.2 Å². The fraction of sp³-hybridized carbons (Fsp3) is 0.200. The van der Waals surface area contributed by atoms with Crippen molar-refractivity contribution in [3.8, 4) is 0 Å². The minimum absolute atomic E-state index is 0.210. The van der Waals surface area contributed by atoms with Gasteiger partial charge in [0, 0.05) is 21.0 Å². The number of amides is 1. The predicted molar refractivity (Wildman–Crippen MR) is 113 cm³/mol. The Morgan fingerprint density at radius 2 is 1.96 bits per heavy atom. The highest BCUT2D eigenvalue weighted by molar-refractivity contribution is 9.10. The molecule has 8 heteroatoms. The highest BCUT2D eigenvalue weighted by Crippen LogP contribution is 2.23. The number of amidine groups is 1. The van der Waals surface area contributed by atoms with E-state index in [0.717, 1.165) is 16.6 Å². The number of thioether (sulfide) groups is 1. The van der Waals surface area contributed by atoms with Gasteiger partial charge in [-0.1, -0.05) is 64.9 Å². The van der Waals surface area contributed by atoms with Crippen LogP contribution in [0.5, 0.6) is 0 Å². The maximum Gasteiger partial charge on any atom is 0.276 e. The topological polar surface area (TPSA) is 74.1 Å². The van der Waals surface area contributed by atoms with Crippen molar-refractivity contribution < 1.29 is 9.59 Å². The van der Waals surface area contributed by atoms with Crippen LogP contribution in [-0.2, 0) is 4.79 Å². The zero-order valence-electron chi connectivity index (χ0n) is 15.1. The third kappa shape index (κ3) is 3.49. The lowest BCUT2D eigenvalue weighted by Gasteiger charge is -2.33. The summed E-state index contributed by atoms with van der Waals surface area (Å²) in [6.07, 6.45) is 0.0271. The molecule has 28 heavy (non-hydrogen) atoms. The second kappa shape index (κ2) is 7.89. The minimum Gasteiger partial charge on any atom is -0.298 e. The molecule has 2 aromatic carbocycles. The molecule has 2 aromatic rings. The number of carbonyl (C=O) groups is 2. The highest BCUT2D eigenvalue weighted by atomic mass is 79.9. The van der Waals surface area contributed by atoms with Crippen LogP contribution in [-0.4, -0.2) is 33.8 Å². The zero-order valence-corrected chi connectivity index (χ0v) is 17.5. The molecule has 2 aliphatic heterocycles. The summed E-state index contributed by atoms with van der Waals surface area (Å²) in [6, 6.07) is 14.4. The van der Waals surface area contributed by atoms with Crippen molar-refractivity contribution in [2.45, 2.75) is 19.5 Å².